The number of ketones is 1. The number of anilines is 1. The summed E-state index contributed by atoms with van der Waals surface area (Å²) in [6.45, 7) is 0.226. The van der Waals surface area contributed by atoms with Crippen molar-refractivity contribution in [2.24, 2.45) is 0 Å². The summed E-state index contributed by atoms with van der Waals surface area (Å²) < 4.78 is 5.11. The predicted octanol–water partition coefficient (Wildman–Crippen LogP) is 5.01. The first-order chi connectivity index (χ1) is 14.8. The number of Topliss-reactive ketones (excluding diaryl/α,β-unsaturated/α-hetero) is 1. The number of benzene rings is 3. The number of hydrogen-bond acceptors (Lipinski definition) is 4. The molecule has 31 heavy (non-hydrogen) atoms. The number of aliphatic hydroxyl groups is 1. The third-order valence-electron chi connectivity index (χ3n) is 5.38. The van der Waals surface area contributed by atoms with Gasteiger partial charge in [-0.1, -0.05) is 35.3 Å². The van der Waals surface area contributed by atoms with E-state index in [2.05, 4.69) is 0 Å². The summed E-state index contributed by atoms with van der Waals surface area (Å²) in [5, 5.41) is 12.4. The number of hydrogen-bond donors (Lipinski definition) is 1. The van der Waals surface area contributed by atoms with Crippen molar-refractivity contribution in [3.05, 3.63) is 93.5 Å². The van der Waals surface area contributed by atoms with Crippen molar-refractivity contribution in [3.8, 4) is 5.75 Å². The highest BCUT2D eigenvalue weighted by Crippen LogP contribution is 2.44. The summed E-state index contributed by atoms with van der Waals surface area (Å²) in [4.78, 5) is 27.8. The van der Waals surface area contributed by atoms with Crippen LogP contribution in [-0.4, -0.2) is 23.9 Å². The van der Waals surface area contributed by atoms with Gasteiger partial charge in [-0.05, 0) is 60.2 Å². The molecule has 0 bridgehead atoms. The number of nitrogens with zero attached hydrogens (tertiary/aromatic N) is 1. The van der Waals surface area contributed by atoms with Crippen LogP contribution in [0.25, 0.3) is 0 Å². The van der Waals surface area contributed by atoms with Gasteiger partial charge in [-0.2, -0.15) is 0 Å². The first kappa shape index (κ1) is 21.4. The lowest BCUT2D eigenvalue weighted by atomic mass is 9.88. The Morgan fingerprint density at radius 1 is 1.00 bits per heavy atom. The second kappa shape index (κ2) is 8.35. The number of carbonyl (C=O) groups excluding carboxylic acids is 2. The van der Waals surface area contributed by atoms with Crippen LogP contribution in [0.3, 0.4) is 0 Å². The minimum Gasteiger partial charge on any atom is -0.497 e. The van der Waals surface area contributed by atoms with Crippen LogP contribution in [0.2, 0.25) is 10.0 Å². The topological polar surface area (TPSA) is 66.8 Å². The second-order valence-corrected chi connectivity index (χ2v) is 8.24. The second-order valence-electron chi connectivity index (χ2n) is 7.37. The van der Waals surface area contributed by atoms with Crippen molar-refractivity contribution < 1.29 is 19.4 Å². The Kier molecular flexibility index (Phi) is 5.75. The average molecular weight is 456 g/mol. The van der Waals surface area contributed by atoms with Gasteiger partial charge >= 0.3 is 0 Å². The molecule has 0 spiro atoms. The minimum atomic E-state index is -2.01. The van der Waals surface area contributed by atoms with Crippen molar-refractivity contribution in [3.63, 3.8) is 0 Å². The standard InChI is InChI=1S/C24H19Cl2NO4/c1-31-19-9-4-16(5-10-19)22(28)13-24(30)20-12-18(26)8-11-21(20)27(23(24)29)14-15-2-6-17(25)7-3-15/h2-12,30H,13-14H2,1H3/t24-/m0/s1. The van der Waals surface area contributed by atoms with Crippen molar-refractivity contribution in [1.82, 2.24) is 0 Å². The van der Waals surface area contributed by atoms with Crippen molar-refractivity contribution >= 4 is 40.6 Å². The normalized spacial score (nSPS) is 17.5. The highest BCUT2D eigenvalue weighted by Gasteiger charge is 2.51. The summed E-state index contributed by atoms with van der Waals surface area (Å²) in [5.74, 6) is -0.321. The van der Waals surface area contributed by atoms with Crippen LogP contribution in [0.4, 0.5) is 5.69 Å². The van der Waals surface area contributed by atoms with Gasteiger partial charge in [0, 0.05) is 21.2 Å². The Hall–Kier alpha value is -2.86. The number of amides is 1. The fourth-order valence-corrected chi connectivity index (χ4v) is 4.03. The summed E-state index contributed by atoms with van der Waals surface area (Å²) in [7, 11) is 1.53. The molecule has 0 unspecified atom stereocenters. The van der Waals surface area contributed by atoms with E-state index < -0.39 is 17.9 Å². The fourth-order valence-electron chi connectivity index (χ4n) is 3.73. The minimum absolute atomic E-state index is 0.226. The van der Waals surface area contributed by atoms with Gasteiger partial charge in [0.15, 0.2) is 11.4 Å². The molecule has 158 valence electrons. The molecule has 1 amide bonds. The molecular formula is C24H19Cl2NO4. The Balaban J connectivity index is 1.67. The van der Waals surface area contributed by atoms with Crippen LogP contribution in [0, 0.1) is 0 Å². The van der Waals surface area contributed by atoms with Gasteiger partial charge in [0.2, 0.25) is 0 Å². The molecule has 1 heterocycles. The Morgan fingerprint density at radius 3 is 2.29 bits per heavy atom. The molecule has 7 heteroatoms. The lowest BCUT2D eigenvalue weighted by Crippen LogP contribution is -2.41. The molecule has 0 fully saturated rings. The average Bonchev–Trinajstić information content (AvgIpc) is 2.96. The van der Waals surface area contributed by atoms with E-state index in [0.29, 0.717) is 32.6 Å². The van der Waals surface area contributed by atoms with Gasteiger partial charge in [0.25, 0.3) is 5.91 Å². The van der Waals surface area contributed by atoms with Gasteiger partial charge in [-0.25, -0.2) is 0 Å². The van der Waals surface area contributed by atoms with E-state index in [9.17, 15) is 14.7 Å². The van der Waals surface area contributed by atoms with E-state index in [1.807, 2.05) is 12.1 Å². The van der Waals surface area contributed by atoms with E-state index in [0.717, 1.165) is 5.56 Å². The van der Waals surface area contributed by atoms with Gasteiger partial charge < -0.3 is 14.7 Å². The lowest BCUT2D eigenvalue weighted by Gasteiger charge is -2.23. The zero-order chi connectivity index (χ0) is 22.2. The van der Waals surface area contributed by atoms with E-state index in [4.69, 9.17) is 27.9 Å². The largest absolute Gasteiger partial charge is 0.497 e. The molecule has 4 rings (SSSR count). The lowest BCUT2D eigenvalue weighted by molar-refractivity contribution is -0.136. The first-order valence-electron chi connectivity index (χ1n) is 9.58. The molecule has 0 radical (unpaired) electrons. The third kappa shape index (κ3) is 4.04. The molecule has 5 nitrogen and oxygen atoms in total. The molecule has 0 saturated heterocycles. The maximum atomic E-state index is 13.4. The Bertz CT molecular complexity index is 1150. The van der Waals surface area contributed by atoms with Gasteiger partial charge in [-0.3, -0.25) is 9.59 Å². The molecule has 0 aromatic heterocycles. The quantitative estimate of drug-likeness (QED) is 0.530. The summed E-state index contributed by atoms with van der Waals surface area (Å²) >= 11 is 12.1. The zero-order valence-corrected chi connectivity index (χ0v) is 18.2. The molecule has 3 aromatic carbocycles. The number of ether oxygens (including phenoxy) is 1. The number of carbonyl (C=O) groups is 2. The predicted molar refractivity (Wildman–Crippen MR) is 120 cm³/mol. The molecule has 1 N–H and O–H groups in total. The monoisotopic (exact) mass is 455 g/mol. The molecular weight excluding hydrogens is 437 g/mol. The van der Waals surface area contributed by atoms with Crippen molar-refractivity contribution in [2.45, 2.75) is 18.6 Å². The van der Waals surface area contributed by atoms with E-state index in [1.54, 1.807) is 48.5 Å². The molecule has 1 aliphatic rings. The fraction of sp³-hybridized carbons (Fsp3) is 0.167. The highest BCUT2D eigenvalue weighted by atomic mass is 35.5. The van der Waals surface area contributed by atoms with Crippen LogP contribution in [0.5, 0.6) is 5.75 Å². The summed E-state index contributed by atoms with van der Waals surface area (Å²) in [5.41, 5.74) is 0.0465. The Labute approximate surface area is 189 Å². The molecule has 3 aromatic rings. The van der Waals surface area contributed by atoms with E-state index in [-0.39, 0.29) is 12.3 Å². The van der Waals surface area contributed by atoms with Crippen LogP contribution < -0.4 is 9.64 Å². The van der Waals surface area contributed by atoms with Crippen LogP contribution in [0.15, 0.2) is 66.7 Å². The summed E-state index contributed by atoms with van der Waals surface area (Å²) in [6, 6.07) is 18.5. The van der Waals surface area contributed by atoms with Crippen LogP contribution in [0.1, 0.15) is 27.9 Å². The molecule has 0 aliphatic carbocycles. The number of rotatable bonds is 6. The van der Waals surface area contributed by atoms with E-state index in [1.165, 1.54) is 18.1 Å². The van der Waals surface area contributed by atoms with Crippen molar-refractivity contribution in [2.75, 3.05) is 12.0 Å². The molecule has 1 atom stereocenters. The molecule has 1 aliphatic heterocycles. The number of methoxy groups -OCH3 is 1. The van der Waals surface area contributed by atoms with Crippen molar-refractivity contribution in [1.29, 1.82) is 0 Å². The third-order valence-corrected chi connectivity index (χ3v) is 5.86. The number of fused-ring (bicyclic) bond motifs is 1. The van der Waals surface area contributed by atoms with Gasteiger partial charge in [0.05, 0.1) is 25.8 Å². The molecule has 0 saturated carbocycles. The SMILES string of the molecule is COc1ccc(C(=O)C[C@@]2(O)C(=O)N(Cc3ccc(Cl)cc3)c3ccc(Cl)cc32)cc1. The maximum absolute atomic E-state index is 13.4. The van der Waals surface area contributed by atoms with Gasteiger partial charge in [-0.15, -0.1) is 0 Å². The summed E-state index contributed by atoms with van der Waals surface area (Å²) in [6.07, 6.45) is -0.400. The smallest absolute Gasteiger partial charge is 0.264 e. The zero-order valence-electron chi connectivity index (χ0n) is 16.6. The maximum Gasteiger partial charge on any atom is 0.264 e. The Morgan fingerprint density at radius 2 is 1.65 bits per heavy atom. The van der Waals surface area contributed by atoms with Gasteiger partial charge in [0.1, 0.15) is 5.75 Å². The first-order valence-corrected chi connectivity index (χ1v) is 10.3. The number of halogens is 2. The van der Waals surface area contributed by atoms with Crippen LogP contribution >= 0.6 is 23.2 Å². The highest BCUT2D eigenvalue weighted by molar-refractivity contribution is 6.31. The van der Waals surface area contributed by atoms with Crippen LogP contribution in [-0.2, 0) is 16.9 Å². The van der Waals surface area contributed by atoms with E-state index >= 15 is 0 Å².